The lowest BCUT2D eigenvalue weighted by atomic mass is 9.86. The summed E-state index contributed by atoms with van der Waals surface area (Å²) in [5.74, 6) is 0.863. The number of likely N-dealkylation sites (N-methyl/N-ethyl adjacent to an activating group) is 1. The maximum absolute atomic E-state index is 6.09. The van der Waals surface area contributed by atoms with Gasteiger partial charge in [-0.15, -0.1) is 0 Å². The fourth-order valence-corrected chi connectivity index (χ4v) is 3.59. The summed E-state index contributed by atoms with van der Waals surface area (Å²) < 4.78 is 0. The molecular formula is C14H29N3. The third-order valence-electron chi connectivity index (χ3n) is 4.39. The Morgan fingerprint density at radius 3 is 2.71 bits per heavy atom. The summed E-state index contributed by atoms with van der Waals surface area (Å²) in [5, 5.41) is 0. The maximum Gasteiger partial charge on any atom is 0.0223 e. The smallest absolute Gasteiger partial charge is 0.0223 e. The van der Waals surface area contributed by atoms with Gasteiger partial charge < -0.3 is 10.6 Å². The molecule has 0 bridgehead atoms. The van der Waals surface area contributed by atoms with Crippen molar-refractivity contribution in [2.75, 3.05) is 33.7 Å². The molecule has 2 aliphatic rings. The molecule has 0 aromatic heterocycles. The molecule has 0 spiro atoms. The van der Waals surface area contributed by atoms with Crippen LogP contribution in [0.3, 0.4) is 0 Å². The second kappa shape index (κ2) is 6.17. The van der Waals surface area contributed by atoms with Crippen LogP contribution in [0.15, 0.2) is 0 Å². The van der Waals surface area contributed by atoms with E-state index in [4.69, 9.17) is 5.73 Å². The molecular weight excluding hydrogens is 210 g/mol. The van der Waals surface area contributed by atoms with Gasteiger partial charge in [0.05, 0.1) is 0 Å². The summed E-state index contributed by atoms with van der Waals surface area (Å²) in [6.45, 7) is 3.83. The van der Waals surface area contributed by atoms with Crippen molar-refractivity contribution in [1.29, 1.82) is 0 Å². The summed E-state index contributed by atoms with van der Waals surface area (Å²) in [5.41, 5.74) is 6.09. The lowest BCUT2D eigenvalue weighted by Crippen LogP contribution is -2.42. The predicted octanol–water partition coefficient (Wildman–Crippen LogP) is 1.53. The number of nitrogens with two attached hydrogens (primary N) is 1. The van der Waals surface area contributed by atoms with Crippen molar-refractivity contribution >= 4 is 0 Å². The van der Waals surface area contributed by atoms with Crippen LogP contribution in [-0.4, -0.2) is 55.6 Å². The highest BCUT2D eigenvalue weighted by Crippen LogP contribution is 2.27. The largest absolute Gasteiger partial charge is 0.328 e. The molecule has 0 aromatic rings. The highest BCUT2D eigenvalue weighted by Gasteiger charge is 2.28. The van der Waals surface area contributed by atoms with Crippen molar-refractivity contribution in [3.63, 3.8) is 0 Å². The average Bonchev–Trinajstić information content (AvgIpc) is 2.65. The van der Waals surface area contributed by atoms with Crippen molar-refractivity contribution in [3.05, 3.63) is 0 Å². The molecule has 1 aliphatic carbocycles. The zero-order valence-corrected chi connectivity index (χ0v) is 11.6. The van der Waals surface area contributed by atoms with Crippen LogP contribution >= 0.6 is 0 Å². The van der Waals surface area contributed by atoms with Gasteiger partial charge in [0.25, 0.3) is 0 Å². The molecule has 100 valence electrons. The van der Waals surface area contributed by atoms with Crippen LogP contribution in [0.1, 0.15) is 38.5 Å². The van der Waals surface area contributed by atoms with Crippen LogP contribution in [-0.2, 0) is 0 Å². The Balaban J connectivity index is 1.80. The van der Waals surface area contributed by atoms with Gasteiger partial charge in [-0.05, 0) is 58.7 Å². The average molecular weight is 239 g/mol. The zero-order chi connectivity index (χ0) is 12.3. The Labute approximate surface area is 106 Å². The van der Waals surface area contributed by atoms with E-state index in [1.54, 1.807) is 0 Å². The van der Waals surface area contributed by atoms with Gasteiger partial charge in [0.15, 0.2) is 0 Å². The first-order chi connectivity index (χ1) is 8.15. The lowest BCUT2D eigenvalue weighted by molar-refractivity contribution is 0.159. The fourth-order valence-electron chi connectivity index (χ4n) is 3.59. The minimum absolute atomic E-state index is 0.476. The Kier molecular flexibility index (Phi) is 4.83. The molecule has 1 saturated heterocycles. The fraction of sp³-hybridized carbons (Fsp3) is 1.00. The molecule has 0 radical (unpaired) electrons. The molecule has 3 nitrogen and oxygen atoms in total. The summed E-state index contributed by atoms with van der Waals surface area (Å²) in [4.78, 5) is 5.05. The first-order valence-electron chi connectivity index (χ1n) is 7.29. The van der Waals surface area contributed by atoms with E-state index in [-0.39, 0.29) is 0 Å². The van der Waals surface area contributed by atoms with Crippen LogP contribution in [0, 0.1) is 5.92 Å². The molecule has 3 heteroatoms. The Morgan fingerprint density at radius 1 is 1.18 bits per heavy atom. The van der Waals surface area contributed by atoms with E-state index in [0.717, 1.165) is 12.0 Å². The van der Waals surface area contributed by atoms with Gasteiger partial charge in [0.1, 0.15) is 0 Å². The Hall–Kier alpha value is -0.120. The normalized spacial score (nSPS) is 35.6. The van der Waals surface area contributed by atoms with Crippen molar-refractivity contribution < 1.29 is 0 Å². The minimum Gasteiger partial charge on any atom is -0.328 e. The molecule has 3 unspecified atom stereocenters. The summed E-state index contributed by atoms with van der Waals surface area (Å²) in [6.07, 6.45) is 8.02. The predicted molar refractivity (Wildman–Crippen MR) is 73.1 cm³/mol. The third kappa shape index (κ3) is 3.94. The molecule has 2 fully saturated rings. The van der Waals surface area contributed by atoms with Crippen LogP contribution in [0.2, 0.25) is 0 Å². The molecule has 3 atom stereocenters. The molecule has 0 amide bonds. The van der Waals surface area contributed by atoms with Crippen LogP contribution in [0.4, 0.5) is 0 Å². The number of hydrogen-bond donors (Lipinski definition) is 1. The standard InChI is InChI=1S/C14H29N3/c1-16(2)11-14-7-4-8-17(14)10-12-5-3-6-13(15)9-12/h12-14H,3-11,15H2,1-2H3. The first kappa shape index (κ1) is 13.3. The third-order valence-corrected chi connectivity index (χ3v) is 4.39. The van der Waals surface area contributed by atoms with Gasteiger partial charge >= 0.3 is 0 Å². The van der Waals surface area contributed by atoms with Gasteiger partial charge in [-0.1, -0.05) is 6.42 Å². The van der Waals surface area contributed by atoms with Crippen molar-refractivity contribution in [2.24, 2.45) is 11.7 Å². The highest BCUT2D eigenvalue weighted by molar-refractivity contribution is 4.85. The molecule has 1 aliphatic heterocycles. The maximum atomic E-state index is 6.09. The number of likely N-dealkylation sites (tertiary alicyclic amines) is 1. The zero-order valence-electron chi connectivity index (χ0n) is 11.6. The molecule has 1 heterocycles. The molecule has 2 N–H and O–H groups in total. The van der Waals surface area contributed by atoms with Gasteiger partial charge in [-0.3, -0.25) is 4.90 Å². The SMILES string of the molecule is CN(C)CC1CCCN1CC1CCCC(N)C1. The summed E-state index contributed by atoms with van der Waals surface area (Å²) in [6, 6.07) is 1.27. The van der Waals surface area contributed by atoms with E-state index in [9.17, 15) is 0 Å². The highest BCUT2D eigenvalue weighted by atomic mass is 15.2. The van der Waals surface area contributed by atoms with Crippen LogP contribution in [0.5, 0.6) is 0 Å². The van der Waals surface area contributed by atoms with Crippen molar-refractivity contribution in [3.8, 4) is 0 Å². The number of nitrogens with zero attached hydrogens (tertiary/aromatic N) is 2. The van der Waals surface area contributed by atoms with Crippen molar-refractivity contribution in [1.82, 2.24) is 9.80 Å². The molecule has 0 aromatic carbocycles. The van der Waals surface area contributed by atoms with Crippen LogP contribution in [0.25, 0.3) is 0 Å². The lowest BCUT2D eigenvalue weighted by Gasteiger charge is -2.33. The van der Waals surface area contributed by atoms with E-state index in [1.807, 2.05) is 0 Å². The van der Waals surface area contributed by atoms with Gasteiger partial charge in [0.2, 0.25) is 0 Å². The van der Waals surface area contributed by atoms with Gasteiger partial charge in [0, 0.05) is 25.2 Å². The number of rotatable bonds is 4. The second-order valence-electron chi connectivity index (χ2n) is 6.35. The Morgan fingerprint density at radius 2 is 2.00 bits per heavy atom. The summed E-state index contributed by atoms with van der Waals surface area (Å²) >= 11 is 0. The quantitative estimate of drug-likeness (QED) is 0.807. The van der Waals surface area contributed by atoms with Crippen LogP contribution < -0.4 is 5.73 Å². The molecule has 17 heavy (non-hydrogen) atoms. The van der Waals surface area contributed by atoms with Gasteiger partial charge in [-0.2, -0.15) is 0 Å². The molecule has 1 saturated carbocycles. The number of hydrogen-bond acceptors (Lipinski definition) is 3. The Bertz CT molecular complexity index is 230. The van der Waals surface area contributed by atoms with Crippen molar-refractivity contribution in [2.45, 2.75) is 50.6 Å². The van der Waals surface area contributed by atoms with E-state index in [0.29, 0.717) is 6.04 Å². The first-order valence-corrected chi connectivity index (χ1v) is 7.29. The van der Waals surface area contributed by atoms with E-state index in [2.05, 4.69) is 23.9 Å². The van der Waals surface area contributed by atoms with E-state index < -0.39 is 0 Å². The topological polar surface area (TPSA) is 32.5 Å². The van der Waals surface area contributed by atoms with E-state index >= 15 is 0 Å². The molecule has 2 rings (SSSR count). The summed E-state index contributed by atoms with van der Waals surface area (Å²) in [7, 11) is 4.38. The second-order valence-corrected chi connectivity index (χ2v) is 6.35. The van der Waals surface area contributed by atoms with E-state index in [1.165, 1.54) is 58.2 Å². The minimum atomic E-state index is 0.476. The van der Waals surface area contributed by atoms with Gasteiger partial charge in [-0.25, -0.2) is 0 Å². The monoisotopic (exact) mass is 239 g/mol.